The van der Waals surface area contributed by atoms with E-state index in [0.29, 0.717) is 16.6 Å². The molecule has 0 aliphatic carbocycles. The Labute approximate surface area is 118 Å². The van der Waals surface area contributed by atoms with Crippen molar-refractivity contribution in [2.24, 2.45) is 0 Å². The van der Waals surface area contributed by atoms with Gasteiger partial charge in [0, 0.05) is 5.39 Å². The van der Waals surface area contributed by atoms with Crippen LogP contribution in [0.25, 0.3) is 27.5 Å². The van der Waals surface area contributed by atoms with Crippen molar-refractivity contribution < 1.29 is 0 Å². The lowest BCUT2D eigenvalue weighted by Crippen LogP contribution is -2.17. The van der Waals surface area contributed by atoms with Gasteiger partial charge in [0.15, 0.2) is 5.65 Å². The fraction of sp³-hybridized carbons (Fsp3) is 0. The second kappa shape index (κ2) is 4.02. The Hall–Kier alpha value is -2.46. The first kappa shape index (κ1) is 11.4. The predicted octanol–water partition coefficient (Wildman–Crippen LogP) is 3.05. The number of hydrogen-bond donors (Lipinski definition) is 0. The van der Waals surface area contributed by atoms with Gasteiger partial charge in [-0.3, -0.25) is 4.79 Å². The third-order valence-electron chi connectivity index (χ3n) is 3.32. The van der Waals surface area contributed by atoms with Crippen LogP contribution in [0.4, 0.5) is 0 Å². The normalized spacial score (nSPS) is 11.4. The number of fused-ring (bicyclic) bond motifs is 4. The molecule has 20 heavy (non-hydrogen) atoms. The van der Waals surface area contributed by atoms with Gasteiger partial charge in [0.1, 0.15) is 0 Å². The van der Waals surface area contributed by atoms with Crippen molar-refractivity contribution >= 4 is 39.1 Å². The molecule has 2 heterocycles. The quantitative estimate of drug-likeness (QED) is 0.283. The molecular weight excluding hydrogens is 274 g/mol. The molecule has 4 aromatic rings. The molecule has 2 aromatic heterocycles. The van der Waals surface area contributed by atoms with E-state index in [1.807, 2.05) is 36.4 Å². The van der Waals surface area contributed by atoms with Gasteiger partial charge in [0.25, 0.3) is 5.56 Å². The summed E-state index contributed by atoms with van der Waals surface area (Å²) < 4.78 is 1.35. The molecule has 0 N–H and O–H groups in total. The van der Waals surface area contributed by atoms with Crippen molar-refractivity contribution in [3.05, 3.63) is 64.2 Å². The zero-order valence-electron chi connectivity index (χ0n) is 10.2. The van der Waals surface area contributed by atoms with E-state index in [2.05, 4.69) is 9.97 Å². The molecule has 2 aromatic carbocycles. The lowest BCUT2D eigenvalue weighted by Gasteiger charge is -2.07. The fourth-order valence-electron chi connectivity index (χ4n) is 2.39. The number of hydrogen-bond acceptors (Lipinski definition) is 3. The molecule has 0 aliphatic heterocycles. The van der Waals surface area contributed by atoms with E-state index in [9.17, 15) is 4.79 Å². The molecule has 0 saturated heterocycles. The van der Waals surface area contributed by atoms with Crippen LogP contribution in [0.1, 0.15) is 0 Å². The zero-order valence-corrected chi connectivity index (χ0v) is 11.0. The molecule has 0 bridgehead atoms. The largest absolute Gasteiger partial charge is 0.268 e. The maximum Gasteiger partial charge on any atom is 0.268 e. The molecule has 0 fully saturated rings. The zero-order chi connectivity index (χ0) is 13.7. The second-order valence-corrected chi connectivity index (χ2v) is 4.83. The second-order valence-electron chi connectivity index (χ2n) is 4.49. The van der Waals surface area contributed by atoms with E-state index in [1.165, 1.54) is 4.40 Å². The Morgan fingerprint density at radius 1 is 0.850 bits per heavy atom. The molecule has 5 heteroatoms. The highest BCUT2D eigenvalue weighted by Crippen LogP contribution is 2.20. The summed E-state index contributed by atoms with van der Waals surface area (Å²) in [5.41, 5.74) is 1.71. The van der Waals surface area contributed by atoms with Crippen molar-refractivity contribution in [1.82, 2.24) is 14.4 Å². The van der Waals surface area contributed by atoms with Crippen LogP contribution in [0.15, 0.2) is 53.3 Å². The first-order valence-corrected chi connectivity index (χ1v) is 6.49. The molecule has 4 nitrogen and oxygen atoms in total. The van der Waals surface area contributed by atoms with Gasteiger partial charge in [-0.15, -0.1) is 0 Å². The Kier molecular flexibility index (Phi) is 2.28. The number of para-hydroxylation sites is 2. The third-order valence-corrected chi connectivity index (χ3v) is 3.57. The van der Waals surface area contributed by atoms with Gasteiger partial charge in [-0.25, -0.2) is 14.4 Å². The van der Waals surface area contributed by atoms with Crippen molar-refractivity contribution in [3.8, 4) is 0 Å². The van der Waals surface area contributed by atoms with Crippen LogP contribution in [0.5, 0.6) is 0 Å². The van der Waals surface area contributed by atoms with Crippen LogP contribution in [0.2, 0.25) is 5.28 Å². The maximum absolute atomic E-state index is 12.6. The Morgan fingerprint density at radius 3 is 2.20 bits per heavy atom. The average molecular weight is 282 g/mol. The van der Waals surface area contributed by atoms with Crippen molar-refractivity contribution in [2.45, 2.75) is 0 Å². The monoisotopic (exact) mass is 281 g/mol. The molecule has 0 spiro atoms. The van der Waals surface area contributed by atoms with Gasteiger partial charge in [-0.2, -0.15) is 0 Å². The minimum atomic E-state index is -0.200. The van der Waals surface area contributed by atoms with E-state index in [-0.39, 0.29) is 10.8 Å². The van der Waals surface area contributed by atoms with Crippen molar-refractivity contribution in [1.29, 1.82) is 0 Å². The first-order chi connectivity index (χ1) is 9.75. The highest BCUT2D eigenvalue weighted by molar-refractivity contribution is 6.29. The summed E-state index contributed by atoms with van der Waals surface area (Å²) in [6.45, 7) is 0. The molecule has 96 valence electrons. The van der Waals surface area contributed by atoms with E-state index >= 15 is 0 Å². The van der Waals surface area contributed by atoms with Gasteiger partial charge in [-0.1, -0.05) is 24.3 Å². The van der Waals surface area contributed by atoms with Crippen LogP contribution >= 0.6 is 11.6 Å². The number of nitrogens with zero attached hydrogens (tertiary/aromatic N) is 3. The summed E-state index contributed by atoms with van der Waals surface area (Å²) in [5.74, 6) is 0. The minimum absolute atomic E-state index is 0.127. The molecule has 0 unspecified atom stereocenters. The summed E-state index contributed by atoms with van der Waals surface area (Å²) in [5, 5.41) is 1.46. The lowest BCUT2D eigenvalue weighted by molar-refractivity contribution is 1.04. The standard InChI is InChI=1S/C15H8ClN3O/c16-15-18-11-7-3-1-5-9(11)13-17-12-8-4-2-6-10(12)14(20)19(13)15/h1-8H. The van der Waals surface area contributed by atoms with E-state index in [1.54, 1.807) is 12.1 Å². The topological polar surface area (TPSA) is 47.3 Å². The average Bonchev–Trinajstić information content (AvgIpc) is 2.47. The number of benzene rings is 2. The van der Waals surface area contributed by atoms with Crippen molar-refractivity contribution in [3.63, 3.8) is 0 Å². The number of halogens is 1. The summed E-state index contributed by atoms with van der Waals surface area (Å²) >= 11 is 6.15. The first-order valence-electron chi connectivity index (χ1n) is 6.11. The molecule has 0 amide bonds. The summed E-state index contributed by atoms with van der Waals surface area (Å²) in [6, 6.07) is 14.7. The van der Waals surface area contributed by atoms with Gasteiger partial charge in [0.2, 0.25) is 5.28 Å². The van der Waals surface area contributed by atoms with Gasteiger partial charge in [-0.05, 0) is 35.9 Å². The van der Waals surface area contributed by atoms with Crippen LogP contribution < -0.4 is 5.56 Å². The van der Waals surface area contributed by atoms with E-state index in [4.69, 9.17) is 11.6 Å². The van der Waals surface area contributed by atoms with Gasteiger partial charge >= 0.3 is 0 Å². The van der Waals surface area contributed by atoms with Gasteiger partial charge < -0.3 is 0 Å². The summed E-state index contributed by atoms with van der Waals surface area (Å²) in [7, 11) is 0. The van der Waals surface area contributed by atoms with E-state index in [0.717, 1.165) is 10.9 Å². The van der Waals surface area contributed by atoms with Crippen LogP contribution in [-0.4, -0.2) is 14.4 Å². The molecule has 0 saturated carbocycles. The molecule has 4 rings (SSSR count). The summed E-state index contributed by atoms with van der Waals surface area (Å²) in [6.07, 6.45) is 0. The number of aromatic nitrogens is 3. The molecule has 0 aliphatic rings. The number of rotatable bonds is 0. The minimum Gasteiger partial charge on any atom is -0.268 e. The molecule has 0 atom stereocenters. The van der Waals surface area contributed by atoms with Gasteiger partial charge in [0.05, 0.1) is 16.4 Å². The molecule has 0 radical (unpaired) electrons. The highest BCUT2D eigenvalue weighted by Gasteiger charge is 2.12. The van der Waals surface area contributed by atoms with E-state index < -0.39 is 0 Å². The highest BCUT2D eigenvalue weighted by atomic mass is 35.5. The Morgan fingerprint density at radius 2 is 1.45 bits per heavy atom. The van der Waals surface area contributed by atoms with Crippen LogP contribution in [0, 0.1) is 0 Å². The fourth-order valence-corrected chi connectivity index (χ4v) is 2.64. The Balaban J connectivity index is 2.39. The SMILES string of the molecule is O=c1c2ccccc2nc2c3ccccc3nc(Cl)n12. The third kappa shape index (κ3) is 1.45. The van der Waals surface area contributed by atoms with Crippen LogP contribution in [-0.2, 0) is 0 Å². The van der Waals surface area contributed by atoms with Crippen LogP contribution in [0.3, 0.4) is 0 Å². The predicted molar refractivity (Wildman–Crippen MR) is 79.3 cm³/mol. The molecular formula is C15H8ClN3O. The summed E-state index contributed by atoms with van der Waals surface area (Å²) in [4.78, 5) is 21.4. The Bertz CT molecular complexity index is 1040. The maximum atomic E-state index is 12.6. The lowest BCUT2D eigenvalue weighted by atomic mass is 10.2. The smallest absolute Gasteiger partial charge is 0.268 e. The van der Waals surface area contributed by atoms with Crippen molar-refractivity contribution in [2.75, 3.05) is 0 Å².